The zero-order chi connectivity index (χ0) is 18.8. The summed E-state index contributed by atoms with van der Waals surface area (Å²) in [5, 5.41) is 6.05. The normalized spacial score (nSPS) is 10.3. The van der Waals surface area contributed by atoms with Gasteiger partial charge in [0.25, 0.3) is 5.91 Å². The largest absolute Gasteiger partial charge is 0.493 e. The number of methoxy groups -OCH3 is 3. The highest BCUT2D eigenvalue weighted by Crippen LogP contribution is 2.27. The van der Waals surface area contributed by atoms with Gasteiger partial charge in [-0.25, -0.2) is 4.98 Å². The highest BCUT2D eigenvalue weighted by molar-refractivity contribution is 5.94. The van der Waals surface area contributed by atoms with Crippen molar-refractivity contribution in [2.75, 3.05) is 39.8 Å². The Morgan fingerprint density at radius 2 is 1.88 bits per heavy atom. The van der Waals surface area contributed by atoms with E-state index in [9.17, 15) is 4.79 Å². The van der Waals surface area contributed by atoms with Crippen molar-refractivity contribution in [1.29, 1.82) is 0 Å². The number of benzene rings is 1. The molecule has 7 heteroatoms. The standard InChI is InChI=1S/C19H25N3O4/c1-24-10-4-9-20-19(23)15-6-8-18(22-13-15)21-12-14-5-7-16(25-2)17(11-14)26-3/h5-8,11,13H,4,9-10,12H2,1-3H3,(H,20,23)(H,21,22). The van der Waals surface area contributed by atoms with Crippen LogP contribution in [0.3, 0.4) is 0 Å². The molecule has 1 aromatic heterocycles. The molecule has 0 saturated heterocycles. The van der Waals surface area contributed by atoms with Crippen LogP contribution in [0.1, 0.15) is 22.3 Å². The van der Waals surface area contributed by atoms with Crippen molar-refractivity contribution < 1.29 is 19.0 Å². The molecular weight excluding hydrogens is 334 g/mol. The van der Waals surface area contributed by atoms with E-state index in [-0.39, 0.29) is 5.91 Å². The third-order valence-electron chi connectivity index (χ3n) is 3.76. The Kier molecular flexibility index (Phi) is 7.70. The van der Waals surface area contributed by atoms with Gasteiger partial charge in [-0.3, -0.25) is 4.79 Å². The minimum Gasteiger partial charge on any atom is -0.493 e. The molecule has 2 aromatic rings. The van der Waals surface area contributed by atoms with Crippen LogP contribution in [0.5, 0.6) is 11.5 Å². The second-order valence-electron chi connectivity index (χ2n) is 5.58. The lowest BCUT2D eigenvalue weighted by molar-refractivity contribution is 0.0948. The summed E-state index contributed by atoms with van der Waals surface area (Å²) in [6.45, 7) is 1.78. The van der Waals surface area contributed by atoms with E-state index in [1.807, 2.05) is 18.2 Å². The number of pyridine rings is 1. The molecule has 1 heterocycles. The van der Waals surface area contributed by atoms with Crippen LogP contribution in [-0.2, 0) is 11.3 Å². The van der Waals surface area contributed by atoms with Crippen molar-refractivity contribution in [2.24, 2.45) is 0 Å². The maximum atomic E-state index is 12.0. The molecule has 0 aliphatic heterocycles. The molecule has 2 rings (SSSR count). The molecule has 1 aromatic carbocycles. The smallest absolute Gasteiger partial charge is 0.252 e. The van der Waals surface area contributed by atoms with Gasteiger partial charge in [-0.05, 0) is 36.2 Å². The molecule has 0 bridgehead atoms. The summed E-state index contributed by atoms with van der Waals surface area (Å²) in [4.78, 5) is 16.3. The topological polar surface area (TPSA) is 81.7 Å². The summed E-state index contributed by atoms with van der Waals surface area (Å²) in [6.07, 6.45) is 2.34. The van der Waals surface area contributed by atoms with Gasteiger partial charge in [-0.2, -0.15) is 0 Å². The Morgan fingerprint density at radius 1 is 1.08 bits per heavy atom. The Bertz CT molecular complexity index is 704. The van der Waals surface area contributed by atoms with E-state index >= 15 is 0 Å². The van der Waals surface area contributed by atoms with E-state index in [0.717, 1.165) is 12.0 Å². The van der Waals surface area contributed by atoms with Crippen LogP contribution in [0.15, 0.2) is 36.5 Å². The molecule has 0 aliphatic carbocycles. The number of nitrogens with one attached hydrogen (secondary N) is 2. The average Bonchev–Trinajstić information content (AvgIpc) is 2.69. The van der Waals surface area contributed by atoms with E-state index in [4.69, 9.17) is 14.2 Å². The van der Waals surface area contributed by atoms with E-state index in [2.05, 4.69) is 15.6 Å². The number of ether oxygens (including phenoxy) is 3. The zero-order valence-electron chi connectivity index (χ0n) is 15.4. The minimum atomic E-state index is -0.139. The van der Waals surface area contributed by atoms with Crippen molar-refractivity contribution in [2.45, 2.75) is 13.0 Å². The molecule has 2 N–H and O–H groups in total. The Morgan fingerprint density at radius 3 is 2.54 bits per heavy atom. The van der Waals surface area contributed by atoms with E-state index < -0.39 is 0 Å². The molecule has 0 fully saturated rings. The van der Waals surface area contributed by atoms with Crippen molar-refractivity contribution in [3.05, 3.63) is 47.7 Å². The molecule has 0 unspecified atom stereocenters. The molecule has 0 radical (unpaired) electrons. The summed E-state index contributed by atoms with van der Waals surface area (Å²) in [6, 6.07) is 9.25. The zero-order valence-corrected chi connectivity index (χ0v) is 15.4. The van der Waals surface area contributed by atoms with Crippen molar-refractivity contribution >= 4 is 11.7 Å². The lowest BCUT2D eigenvalue weighted by atomic mass is 10.2. The maximum Gasteiger partial charge on any atom is 0.252 e. The van der Waals surface area contributed by atoms with Gasteiger partial charge < -0.3 is 24.8 Å². The van der Waals surface area contributed by atoms with E-state index in [0.29, 0.717) is 42.6 Å². The first kappa shape index (κ1) is 19.5. The number of aromatic nitrogens is 1. The van der Waals surface area contributed by atoms with Gasteiger partial charge in [0.2, 0.25) is 0 Å². The van der Waals surface area contributed by atoms with Gasteiger partial charge in [0.15, 0.2) is 11.5 Å². The Labute approximate surface area is 153 Å². The summed E-state index contributed by atoms with van der Waals surface area (Å²) in [5.74, 6) is 1.92. The molecule has 0 saturated carbocycles. The summed E-state index contributed by atoms with van der Waals surface area (Å²) in [7, 11) is 4.85. The summed E-state index contributed by atoms with van der Waals surface area (Å²) < 4.78 is 15.5. The lowest BCUT2D eigenvalue weighted by Crippen LogP contribution is -2.25. The fourth-order valence-corrected chi connectivity index (χ4v) is 2.34. The third kappa shape index (κ3) is 5.63. The molecular formula is C19H25N3O4. The van der Waals surface area contributed by atoms with Crippen LogP contribution in [0.4, 0.5) is 5.82 Å². The molecule has 7 nitrogen and oxygen atoms in total. The lowest BCUT2D eigenvalue weighted by Gasteiger charge is -2.11. The molecule has 1 amide bonds. The Hall–Kier alpha value is -2.80. The molecule has 0 aliphatic rings. The molecule has 0 atom stereocenters. The predicted octanol–water partition coefficient (Wildman–Crippen LogP) is 2.48. The number of hydrogen-bond donors (Lipinski definition) is 2. The third-order valence-corrected chi connectivity index (χ3v) is 3.76. The predicted molar refractivity (Wildman–Crippen MR) is 99.9 cm³/mol. The van der Waals surface area contributed by atoms with Gasteiger partial charge in [0, 0.05) is 33.0 Å². The first-order valence-electron chi connectivity index (χ1n) is 8.36. The number of carbonyl (C=O) groups excluding carboxylic acids is 1. The van der Waals surface area contributed by atoms with Gasteiger partial charge in [0.05, 0.1) is 19.8 Å². The number of rotatable bonds is 10. The highest BCUT2D eigenvalue weighted by atomic mass is 16.5. The van der Waals surface area contributed by atoms with E-state index in [1.165, 1.54) is 0 Å². The highest BCUT2D eigenvalue weighted by Gasteiger charge is 2.07. The number of carbonyl (C=O) groups is 1. The quantitative estimate of drug-likeness (QED) is 0.634. The fraction of sp³-hybridized carbons (Fsp3) is 0.368. The van der Waals surface area contributed by atoms with Crippen molar-refractivity contribution in [3.63, 3.8) is 0 Å². The molecule has 26 heavy (non-hydrogen) atoms. The van der Waals surface area contributed by atoms with Crippen LogP contribution in [0.25, 0.3) is 0 Å². The van der Waals surface area contributed by atoms with E-state index in [1.54, 1.807) is 39.7 Å². The number of anilines is 1. The summed E-state index contributed by atoms with van der Waals surface area (Å²) in [5.41, 5.74) is 1.56. The van der Waals surface area contributed by atoms with Gasteiger partial charge in [-0.1, -0.05) is 6.07 Å². The van der Waals surface area contributed by atoms with Crippen LogP contribution < -0.4 is 20.1 Å². The first-order valence-corrected chi connectivity index (χ1v) is 8.36. The summed E-state index contributed by atoms with van der Waals surface area (Å²) >= 11 is 0. The van der Waals surface area contributed by atoms with Gasteiger partial charge >= 0.3 is 0 Å². The average molecular weight is 359 g/mol. The second-order valence-corrected chi connectivity index (χ2v) is 5.58. The first-order chi connectivity index (χ1) is 12.7. The SMILES string of the molecule is COCCCNC(=O)c1ccc(NCc2ccc(OC)c(OC)c2)nc1. The molecule has 0 spiro atoms. The minimum absolute atomic E-state index is 0.139. The van der Waals surface area contributed by atoms with Crippen molar-refractivity contribution in [3.8, 4) is 11.5 Å². The van der Waals surface area contributed by atoms with Crippen molar-refractivity contribution in [1.82, 2.24) is 10.3 Å². The maximum absolute atomic E-state index is 12.0. The van der Waals surface area contributed by atoms with Crippen LogP contribution in [0, 0.1) is 0 Å². The Balaban J connectivity index is 1.88. The van der Waals surface area contributed by atoms with Crippen LogP contribution >= 0.6 is 0 Å². The monoisotopic (exact) mass is 359 g/mol. The van der Waals surface area contributed by atoms with Crippen LogP contribution in [0.2, 0.25) is 0 Å². The fourth-order valence-electron chi connectivity index (χ4n) is 2.34. The number of amides is 1. The number of hydrogen-bond acceptors (Lipinski definition) is 6. The number of nitrogens with zero attached hydrogens (tertiary/aromatic N) is 1. The van der Waals surface area contributed by atoms with Gasteiger partial charge in [0.1, 0.15) is 5.82 Å². The second kappa shape index (κ2) is 10.2. The van der Waals surface area contributed by atoms with Gasteiger partial charge in [-0.15, -0.1) is 0 Å². The molecule has 140 valence electrons. The van der Waals surface area contributed by atoms with Crippen LogP contribution in [-0.4, -0.2) is 45.4 Å².